The summed E-state index contributed by atoms with van der Waals surface area (Å²) in [7, 11) is -4.04. The van der Waals surface area contributed by atoms with Gasteiger partial charge < -0.3 is 0 Å². The summed E-state index contributed by atoms with van der Waals surface area (Å²) in [6, 6.07) is 8.81. The van der Waals surface area contributed by atoms with E-state index in [4.69, 9.17) is 0 Å². The van der Waals surface area contributed by atoms with Crippen LogP contribution in [-0.4, -0.2) is 19.6 Å². The normalized spacial score (nSPS) is 11.6. The molecular weight excluding hydrogens is 325 g/mol. The standard InChI is InChI=1S/C14H12FN3O4S/c1-10-2-7-13(8-14(10)18(19)20)23(21,22)17-16-9-11-3-5-12(15)6-4-11/h2-9,17H,1H3/b16-9-. The Morgan fingerprint density at radius 2 is 1.87 bits per heavy atom. The largest absolute Gasteiger partial charge is 0.276 e. The number of benzene rings is 2. The van der Waals surface area contributed by atoms with Crippen LogP contribution in [0.2, 0.25) is 0 Å². The molecule has 2 rings (SSSR count). The number of rotatable bonds is 5. The third-order valence-electron chi connectivity index (χ3n) is 2.94. The van der Waals surface area contributed by atoms with Crippen LogP contribution in [0.4, 0.5) is 10.1 Å². The van der Waals surface area contributed by atoms with Gasteiger partial charge in [-0.2, -0.15) is 13.5 Å². The van der Waals surface area contributed by atoms with Crippen molar-refractivity contribution in [3.05, 3.63) is 69.5 Å². The summed E-state index contributed by atoms with van der Waals surface area (Å²) >= 11 is 0. The highest BCUT2D eigenvalue weighted by Crippen LogP contribution is 2.21. The van der Waals surface area contributed by atoms with Crippen LogP contribution in [0, 0.1) is 22.9 Å². The Bertz CT molecular complexity index is 864. The molecule has 0 aliphatic heterocycles. The number of sulfonamides is 1. The summed E-state index contributed by atoms with van der Waals surface area (Å²) in [4.78, 5) is 11.9. The Morgan fingerprint density at radius 1 is 1.22 bits per heavy atom. The predicted molar refractivity (Wildman–Crippen MR) is 82.1 cm³/mol. The van der Waals surface area contributed by atoms with Crippen LogP contribution >= 0.6 is 0 Å². The van der Waals surface area contributed by atoms with E-state index in [0.717, 1.165) is 6.07 Å². The van der Waals surface area contributed by atoms with Crippen molar-refractivity contribution in [1.82, 2.24) is 4.83 Å². The van der Waals surface area contributed by atoms with Gasteiger partial charge in [-0.05, 0) is 30.7 Å². The lowest BCUT2D eigenvalue weighted by Crippen LogP contribution is -2.18. The van der Waals surface area contributed by atoms with Crippen molar-refractivity contribution in [2.75, 3.05) is 0 Å². The number of nitrogens with zero attached hydrogens (tertiary/aromatic N) is 2. The van der Waals surface area contributed by atoms with Crippen molar-refractivity contribution < 1.29 is 17.7 Å². The molecule has 0 spiro atoms. The molecule has 1 N–H and O–H groups in total. The van der Waals surface area contributed by atoms with Crippen molar-refractivity contribution in [1.29, 1.82) is 0 Å². The first-order valence-electron chi connectivity index (χ1n) is 6.35. The van der Waals surface area contributed by atoms with Gasteiger partial charge in [0, 0.05) is 11.6 Å². The fourth-order valence-corrected chi connectivity index (χ4v) is 2.54. The maximum absolute atomic E-state index is 12.7. The molecule has 0 aromatic heterocycles. The topological polar surface area (TPSA) is 102 Å². The Kier molecular flexibility index (Phi) is 4.70. The van der Waals surface area contributed by atoms with Crippen LogP contribution in [0.5, 0.6) is 0 Å². The van der Waals surface area contributed by atoms with E-state index in [1.54, 1.807) is 0 Å². The first-order valence-corrected chi connectivity index (χ1v) is 7.83. The Hall–Kier alpha value is -2.81. The molecule has 0 aliphatic carbocycles. The summed E-state index contributed by atoms with van der Waals surface area (Å²) in [6.07, 6.45) is 1.19. The molecule has 0 saturated carbocycles. The lowest BCUT2D eigenvalue weighted by molar-refractivity contribution is -0.385. The molecule has 120 valence electrons. The first-order chi connectivity index (χ1) is 10.8. The molecule has 0 aliphatic rings. The van der Waals surface area contributed by atoms with E-state index in [1.165, 1.54) is 49.5 Å². The first kappa shape index (κ1) is 16.6. The molecule has 0 radical (unpaired) electrons. The van der Waals surface area contributed by atoms with Gasteiger partial charge in [0.05, 0.1) is 16.0 Å². The second-order valence-electron chi connectivity index (χ2n) is 4.61. The van der Waals surface area contributed by atoms with Crippen molar-refractivity contribution in [3.63, 3.8) is 0 Å². The average molecular weight is 337 g/mol. The van der Waals surface area contributed by atoms with Crippen LogP contribution in [0.1, 0.15) is 11.1 Å². The summed E-state index contributed by atoms with van der Waals surface area (Å²) in [5.41, 5.74) is 0.545. The van der Waals surface area contributed by atoms with Crippen LogP contribution in [0.25, 0.3) is 0 Å². The maximum Gasteiger partial charge on any atom is 0.276 e. The van der Waals surface area contributed by atoms with Gasteiger partial charge in [-0.15, -0.1) is 0 Å². The molecule has 0 saturated heterocycles. The van der Waals surface area contributed by atoms with Gasteiger partial charge >= 0.3 is 0 Å². The van der Waals surface area contributed by atoms with Crippen molar-refractivity contribution in [3.8, 4) is 0 Å². The number of hydrazone groups is 1. The smallest absolute Gasteiger partial charge is 0.258 e. The fourth-order valence-electron chi connectivity index (χ4n) is 1.72. The SMILES string of the molecule is Cc1ccc(S(=O)(=O)N/N=C\c2ccc(F)cc2)cc1[N+](=O)[O-]. The number of nitro benzene ring substituents is 1. The van der Waals surface area contributed by atoms with Gasteiger partial charge in [-0.1, -0.05) is 18.2 Å². The third kappa shape index (κ3) is 4.10. The quantitative estimate of drug-likeness (QED) is 0.514. The summed E-state index contributed by atoms with van der Waals surface area (Å²) in [6.45, 7) is 1.51. The number of hydrogen-bond donors (Lipinski definition) is 1. The molecule has 23 heavy (non-hydrogen) atoms. The minimum atomic E-state index is -4.04. The van der Waals surface area contributed by atoms with E-state index in [9.17, 15) is 22.9 Å². The minimum absolute atomic E-state index is 0.272. The molecule has 7 nitrogen and oxygen atoms in total. The number of hydrogen-bond acceptors (Lipinski definition) is 5. The highest BCUT2D eigenvalue weighted by atomic mass is 32.2. The average Bonchev–Trinajstić information content (AvgIpc) is 2.49. The Balaban J connectivity index is 2.20. The number of halogens is 1. The van der Waals surface area contributed by atoms with Gasteiger partial charge in [-0.3, -0.25) is 10.1 Å². The number of nitro groups is 1. The van der Waals surface area contributed by atoms with E-state index >= 15 is 0 Å². The summed E-state index contributed by atoms with van der Waals surface area (Å²) in [5, 5.41) is 14.4. The third-order valence-corrected chi connectivity index (χ3v) is 4.16. The monoisotopic (exact) mass is 337 g/mol. The molecule has 0 bridgehead atoms. The van der Waals surface area contributed by atoms with E-state index in [1.807, 2.05) is 4.83 Å². The van der Waals surface area contributed by atoms with E-state index in [0.29, 0.717) is 11.1 Å². The molecule has 2 aromatic carbocycles. The van der Waals surface area contributed by atoms with Gasteiger partial charge in [-0.25, -0.2) is 9.22 Å². The molecule has 0 amide bonds. The van der Waals surface area contributed by atoms with Gasteiger partial charge in [0.1, 0.15) is 5.82 Å². The highest BCUT2D eigenvalue weighted by Gasteiger charge is 2.19. The van der Waals surface area contributed by atoms with Gasteiger partial charge in [0.2, 0.25) is 0 Å². The van der Waals surface area contributed by atoms with Crippen molar-refractivity contribution >= 4 is 21.9 Å². The lowest BCUT2D eigenvalue weighted by Gasteiger charge is -2.04. The molecule has 0 heterocycles. The summed E-state index contributed by atoms with van der Waals surface area (Å²) < 4.78 is 36.9. The fraction of sp³-hybridized carbons (Fsp3) is 0.0714. The zero-order valence-electron chi connectivity index (χ0n) is 11.9. The van der Waals surface area contributed by atoms with Crippen LogP contribution in [0.3, 0.4) is 0 Å². The highest BCUT2D eigenvalue weighted by molar-refractivity contribution is 7.89. The molecule has 0 atom stereocenters. The second kappa shape index (κ2) is 6.53. The van der Waals surface area contributed by atoms with Crippen LogP contribution in [-0.2, 0) is 10.0 Å². The Labute approximate surface area is 131 Å². The number of nitrogens with one attached hydrogen (secondary N) is 1. The molecule has 0 unspecified atom stereocenters. The van der Waals surface area contributed by atoms with Gasteiger partial charge in [0.25, 0.3) is 15.7 Å². The minimum Gasteiger partial charge on any atom is -0.258 e. The van der Waals surface area contributed by atoms with E-state index in [2.05, 4.69) is 5.10 Å². The molecule has 9 heteroatoms. The van der Waals surface area contributed by atoms with Gasteiger partial charge in [0.15, 0.2) is 0 Å². The summed E-state index contributed by atoms with van der Waals surface area (Å²) in [5.74, 6) is -0.422. The Morgan fingerprint density at radius 3 is 2.48 bits per heavy atom. The molecule has 2 aromatic rings. The lowest BCUT2D eigenvalue weighted by atomic mass is 10.2. The van der Waals surface area contributed by atoms with E-state index < -0.39 is 20.8 Å². The molecular formula is C14H12FN3O4S. The second-order valence-corrected chi connectivity index (χ2v) is 6.27. The van der Waals surface area contributed by atoms with E-state index in [-0.39, 0.29) is 10.6 Å². The van der Waals surface area contributed by atoms with Crippen molar-refractivity contribution in [2.45, 2.75) is 11.8 Å². The number of aryl methyl sites for hydroxylation is 1. The zero-order valence-corrected chi connectivity index (χ0v) is 12.7. The molecule has 0 fully saturated rings. The predicted octanol–water partition coefficient (Wildman–Crippen LogP) is 2.35. The van der Waals surface area contributed by atoms with Crippen molar-refractivity contribution in [2.24, 2.45) is 5.10 Å². The maximum atomic E-state index is 12.7. The van der Waals surface area contributed by atoms with Crippen LogP contribution < -0.4 is 4.83 Å². The zero-order chi connectivity index (χ0) is 17.0. The van der Waals surface area contributed by atoms with Crippen LogP contribution in [0.15, 0.2) is 52.5 Å².